The van der Waals surface area contributed by atoms with Gasteiger partial charge in [0.15, 0.2) is 0 Å². The second-order valence-corrected chi connectivity index (χ2v) is 4.84. The van der Waals surface area contributed by atoms with Crippen LogP contribution in [0, 0.1) is 0 Å². The molecule has 1 aromatic rings. The second kappa shape index (κ2) is 5.93. The molecule has 0 spiro atoms. The van der Waals surface area contributed by atoms with Crippen molar-refractivity contribution in [1.82, 2.24) is 4.90 Å². The van der Waals surface area contributed by atoms with Crippen molar-refractivity contribution in [2.75, 3.05) is 27.3 Å². The van der Waals surface area contributed by atoms with Gasteiger partial charge >= 0.3 is 6.09 Å². The molecule has 0 aromatic heterocycles. The molecule has 1 heterocycles. The molecule has 2 rings (SSSR count). The van der Waals surface area contributed by atoms with Crippen LogP contribution in [-0.4, -0.2) is 44.3 Å². The lowest BCUT2D eigenvalue weighted by Gasteiger charge is -2.35. The summed E-state index contributed by atoms with van der Waals surface area (Å²) in [6, 6.07) is 7.89. The Morgan fingerprint density at radius 2 is 1.95 bits per heavy atom. The van der Waals surface area contributed by atoms with Gasteiger partial charge in [0.05, 0.1) is 14.2 Å². The van der Waals surface area contributed by atoms with E-state index in [0.29, 0.717) is 13.1 Å². The topological polar surface area (TPSA) is 64.8 Å². The highest BCUT2D eigenvalue weighted by molar-refractivity contribution is 5.67. The van der Waals surface area contributed by atoms with Crippen LogP contribution in [0.2, 0.25) is 0 Å². The largest absolute Gasteiger partial charge is 0.497 e. The molecule has 1 aromatic carbocycles. The first kappa shape index (κ1) is 13.7. The summed E-state index contributed by atoms with van der Waals surface area (Å²) in [5.74, 6) is 1.07. The number of rotatable bonds is 2. The van der Waals surface area contributed by atoms with Gasteiger partial charge in [0, 0.05) is 25.0 Å². The number of hydrogen-bond donors (Lipinski definition) is 1. The first-order valence-electron chi connectivity index (χ1n) is 6.36. The molecule has 1 amide bonds. The van der Waals surface area contributed by atoms with E-state index in [0.717, 1.165) is 12.2 Å². The van der Waals surface area contributed by atoms with Gasteiger partial charge in [0.1, 0.15) is 5.75 Å². The van der Waals surface area contributed by atoms with E-state index in [2.05, 4.69) is 0 Å². The molecule has 1 aliphatic rings. The summed E-state index contributed by atoms with van der Waals surface area (Å²) in [5, 5.41) is 0. The monoisotopic (exact) mass is 264 g/mol. The van der Waals surface area contributed by atoms with E-state index in [9.17, 15) is 4.79 Å². The molecule has 2 unspecified atom stereocenters. The fourth-order valence-corrected chi connectivity index (χ4v) is 2.53. The van der Waals surface area contributed by atoms with E-state index in [1.807, 2.05) is 24.3 Å². The standard InChI is InChI=1S/C14H20N2O3/c1-18-13-5-3-10(4-6-13)11-7-12(15)9-16(8-11)14(17)19-2/h3-6,11-12H,7-9,15H2,1-2H3. The smallest absolute Gasteiger partial charge is 0.409 e. The SMILES string of the molecule is COC(=O)N1CC(N)CC(c2ccc(OC)cc2)C1. The predicted octanol–water partition coefficient (Wildman–Crippen LogP) is 1.58. The lowest BCUT2D eigenvalue weighted by Crippen LogP contribution is -2.48. The minimum absolute atomic E-state index is 0.0139. The third-order valence-corrected chi connectivity index (χ3v) is 3.50. The van der Waals surface area contributed by atoms with Crippen molar-refractivity contribution in [3.05, 3.63) is 29.8 Å². The van der Waals surface area contributed by atoms with Crippen LogP contribution in [0.15, 0.2) is 24.3 Å². The lowest BCUT2D eigenvalue weighted by atomic mass is 9.88. The molecule has 1 aliphatic heterocycles. The lowest BCUT2D eigenvalue weighted by molar-refractivity contribution is 0.106. The zero-order chi connectivity index (χ0) is 13.8. The van der Waals surface area contributed by atoms with Gasteiger partial charge in [-0.25, -0.2) is 4.79 Å². The van der Waals surface area contributed by atoms with Gasteiger partial charge in [-0.15, -0.1) is 0 Å². The maximum atomic E-state index is 11.6. The van der Waals surface area contributed by atoms with Crippen LogP contribution in [-0.2, 0) is 4.74 Å². The molecule has 0 bridgehead atoms. The van der Waals surface area contributed by atoms with Gasteiger partial charge in [-0.2, -0.15) is 0 Å². The number of piperidine rings is 1. The van der Waals surface area contributed by atoms with Crippen molar-refractivity contribution in [3.8, 4) is 5.75 Å². The average Bonchev–Trinajstić information content (AvgIpc) is 2.45. The normalized spacial score (nSPS) is 23.0. The van der Waals surface area contributed by atoms with Crippen LogP contribution in [0.5, 0.6) is 5.75 Å². The molecule has 104 valence electrons. The summed E-state index contributed by atoms with van der Waals surface area (Å²) in [4.78, 5) is 13.3. The minimum Gasteiger partial charge on any atom is -0.497 e. The van der Waals surface area contributed by atoms with Gasteiger partial charge < -0.3 is 20.1 Å². The van der Waals surface area contributed by atoms with E-state index in [1.54, 1.807) is 12.0 Å². The highest BCUT2D eigenvalue weighted by Gasteiger charge is 2.29. The number of benzene rings is 1. The van der Waals surface area contributed by atoms with Crippen molar-refractivity contribution >= 4 is 6.09 Å². The van der Waals surface area contributed by atoms with Crippen LogP contribution < -0.4 is 10.5 Å². The fourth-order valence-electron chi connectivity index (χ4n) is 2.53. The molecule has 0 radical (unpaired) electrons. The maximum absolute atomic E-state index is 11.6. The highest BCUT2D eigenvalue weighted by atomic mass is 16.5. The van der Waals surface area contributed by atoms with Gasteiger partial charge in [0.2, 0.25) is 0 Å². The van der Waals surface area contributed by atoms with E-state index >= 15 is 0 Å². The highest BCUT2D eigenvalue weighted by Crippen LogP contribution is 2.28. The van der Waals surface area contributed by atoms with Gasteiger partial charge in [-0.1, -0.05) is 12.1 Å². The third-order valence-electron chi connectivity index (χ3n) is 3.50. The number of likely N-dealkylation sites (tertiary alicyclic amines) is 1. The molecule has 5 nitrogen and oxygen atoms in total. The number of carbonyl (C=O) groups is 1. The van der Waals surface area contributed by atoms with Crippen molar-refractivity contribution in [2.24, 2.45) is 5.73 Å². The van der Waals surface area contributed by atoms with E-state index in [1.165, 1.54) is 12.7 Å². The zero-order valence-electron chi connectivity index (χ0n) is 11.3. The Morgan fingerprint density at radius 1 is 1.26 bits per heavy atom. The number of nitrogens with zero attached hydrogens (tertiary/aromatic N) is 1. The van der Waals surface area contributed by atoms with E-state index < -0.39 is 0 Å². The summed E-state index contributed by atoms with van der Waals surface area (Å²) >= 11 is 0. The van der Waals surface area contributed by atoms with Crippen LogP contribution >= 0.6 is 0 Å². The van der Waals surface area contributed by atoms with Crippen molar-refractivity contribution in [3.63, 3.8) is 0 Å². The Hall–Kier alpha value is -1.75. The number of nitrogens with two attached hydrogens (primary N) is 1. The molecular formula is C14H20N2O3. The molecule has 1 fully saturated rings. The average molecular weight is 264 g/mol. The molecule has 19 heavy (non-hydrogen) atoms. The molecule has 1 saturated heterocycles. The molecule has 0 saturated carbocycles. The molecule has 2 N–H and O–H groups in total. The first-order chi connectivity index (χ1) is 9.13. The van der Waals surface area contributed by atoms with Gasteiger partial charge in [0.25, 0.3) is 0 Å². The predicted molar refractivity (Wildman–Crippen MR) is 72.3 cm³/mol. The number of ether oxygens (including phenoxy) is 2. The van der Waals surface area contributed by atoms with Crippen LogP contribution in [0.3, 0.4) is 0 Å². The van der Waals surface area contributed by atoms with Crippen molar-refractivity contribution in [1.29, 1.82) is 0 Å². The number of amides is 1. The summed E-state index contributed by atoms with van der Waals surface area (Å²) in [5.41, 5.74) is 7.20. The molecule has 2 atom stereocenters. The van der Waals surface area contributed by atoms with Crippen LogP contribution in [0.4, 0.5) is 4.79 Å². The van der Waals surface area contributed by atoms with E-state index in [-0.39, 0.29) is 18.1 Å². The van der Waals surface area contributed by atoms with Crippen LogP contribution in [0.1, 0.15) is 17.9 Å². The second-order valence-electron chi connectivity index (χ2n) is 4.84. The molecule has 5 heteroatoms. The number of hydrogen-bond acceptors (Lipinski definition) is 4. The third kappa shape index (κ3) is 3.17. The summed E-state index contributed by atoms with van der Waals surface area (Å²) in [7, 11) is 3.04. The van der Waals surface area contributed by atoms with Gasteiger partial charge in [-0.3, -0.25) is 0 Å². The fraction of sp³-hybridized carbons (Fsp3) is 0.500. The molecular weight excluding hydrogens is 244 g/mol. The van der Waals surface area contributed by atoms with Crippen molar-refractivity contribution < 1.29 is 14.3 Å². The Morgan fingerprint density at radius 3 is 2.53 bits per heavy atom. The Labute approximate surface area is 113 Å². The van der Waals surface area contributed by atoms with Crippen LogP contribution in [0.25, 0.3) is 0 Å². The van der Waals surface area contributed by atoms with E-state index in [4.69, 9.17) is 15.2 Å². The summed E-state index contributed by atoms with van der Waals surface area (Å²) < 4.78 is 9.92. The Bertz CT molecular complexity index is 433. The van der Waals surface area contributed by atoms with Gasteiger partial charge in [-0.05, 0) is 24.1 Å². The summed E-state index contributed by atoms with van der Waals surface area (Å²) in [6.45, 7) is 1.20. The number of carbonyl (C=O) groups excluding carboxylic acids is 1. The Kier molecular flexibility index (Phi) is 4.27. The zero-order valence-corrected chi connectivity index (χ0v) is 11.3. The maximum Gasteiger partial charge on any atom is 0.409 e. The quantitative estimate of drug-likeness (QED) is 0.880. The molecule has 0 aliphatic carbocycles. The Balaban J connectivity index is 2.11. The first-order valence-corrected chi connectivity index (χ1v) is 6.36. The van der Waals surface area contributed by atoms with Crippen molar-refractivity contribution in [2.45, 2.75) is 18.4 Å². The number of methoxy groups -OCH3 is 2. The summed E-state index contributed by atoms with van der Waals surface area (Å²) in [6.07, 6.45) is 0.563. The minimum atomic E-state index is -0.311.